The Hall–Kier alpha value is -2.43. The number of carboxylic acids is 1. The summed E-state index contributed by atoms with van der Waals surface area (Å²) in [6.45, 7) is 4.09. The standard InChI is InChI=1S/C18H20N2O3/c1-11(2)18-17-14(4-3-5-15(17)21)20(19-18)13-8-6-12(7-9-13)10-16(22)23/h6-9,11H,3-5,10H2,1-2H3,(H,22,23). The third kappa shape index (κ3) is 2.91. The van der Waals surface area contributed by atoms with E-state index in [0.717, 1.165) is 41.0 Å². The molecule has 1 aromatic heterocycles. The maximum atomic E-state index is 12.3. The Kier molecular flexibility index (Phi) is 4.03. The molecule has 2 aromatic rings. The fraction of sp³-hybridized carbons (Fsp3) is 0.389. The van der Waals surface area contributed by atoms with Crippen molar-refractivity contribution in [2.45, 2.75) is 45.4 Å². The molecule has 0 atom stereocenters. The smallest absolute Gasteiger partial charge is 0.307 e. The van der Waals surface area contributed by atoms with Gasteiger partial charge in [0.05, 0.1) is 29.1 Å². The van der Waals surface area contributed by atoms with Gasteiger partial charge in [-0.1, -0.05) is 26.0 Å². The summed E-state index contributed by atoms with van der Waals surface area (Å²) in [6, 6.07) is 7.35. The van der Waals surface area contributed by atoms with Gasteiger partial charge in [0.25, 0.3) is 0 Å². The van der Waals surface area contributed by atoms with Crippen LogP contribution in [0.15, 0.2) is 24.3 Å². The second-order valence-corrected chi connectivity index (χ2v) is 6.29. The molecule has 1 heterocycles. The lowest BCUT2D eigenvalue weighted by atomic mass is 9.91. The molecule has 0 saturated carbocycles. The lowest BCUT2D eigenvalue weighted by Gasteiger charge is -2.14. The van der Waals surface area contributed by atoms with Crippen LogP contribution in [0.25, 0.3) is 5.69 Å². The minimum Gasteiger partial charge on any atom is -0.481 e. The first-order valence-electron chi connectivity index (χ1n) is 7.93. The number of carboxylic acid groups (broad SMARTS) is 1. The molecule has 0 radical (unpaired) electrons. The summed E-state index contributed by atoms with van der Waals surface area (Å²) >= 11 is 0. The van der Waals surface area contributed by atoms with Crippen LogP contribution in [0.2, 0.25) is 0 Å². The summed E-state index contributed by atoms with van der Waals surface area (Å²) in [5.41, 5.74) is 4.26. The van der Waals surface area contributed by atoms with E-state index in [9.17, 15) is 9.59 Å². The number of benzene rings is 1. The van der Waals surface area contributed by atoms with Gasteiger partial charge < -0.3 is 5.11 Å². The van der Waals surface area contributed by atoms with Crippen LogP contribution in [0, 0.1) is 0 Å². The van der Waals surface area contributed by atoms with Crippen LogP contribution >= 0.6 is 0 Å². The number of aromatic nitrogens is 2. The Morgan fingerprint density at radius 1 is 1.26 bits per heavy atom. The van der Waals surface area contributed by atoms with E-state index in [1.54, 1.807) is 12.1 Å². The molecule has 1 N–H and O–H groups in total. The molecule has 1 aliphatic rings. The molecule has 5 heteroatoms. The number of rotatable bonds is 4. The van der Waals surface area contributed by atoms with Gasteiger partial charge >= 0.3 is 5.97 Å². The van der Waals surface area contributed by atoms with Crippen molar-refractivity contribution in [2.24, 2.45) is 0 Å². The van der Waals surface area contributed by atoms with E-state index in [1.807, 2.05) is 30.7 Å². The first-order chi connectivity index (χ1) is 11.0. The number of Topliss-reactive ketones (excluding diaryl/α,β-unsaturated/α-hetero) is 1. The predicted octanol–water partition coefficient (Wildman–Crippen LogP) is 3.14. The van der Waals surface area contributed by atoms with Gasteiger partial charge in [-0.25, -0.2) is 4.68 Å². The maximum absolute atomic E-state index is 12.3. The van der Waals surface area contributed by atoms with Gasteiger partial charge in [0.2, 0.25) is 0 Å². The Bertz CT molecular complexity index is 757. The van der Waals surface area contributed by atoms with Crippen molar-refractivity contribution in [1.82, 2.24) is 9.78 Å². The first-order valence-corrected chi connectivity index (χ1v) is 7.93. The van der Waals surface area contributed by atoms with Crippen molar-refractivity contribution < 1.29 is 14.7 Å². The van der Waals surface area contributed by atoms with Gasteiger partial charge in [-0.2, -0.15) is 5.10 Å². The summed E-state index contributed by atoms with van der Waals surface area (Å²) in [7, 11) is 0. The van der Waals surface area contributed by atoms with Gasteiger partial charge in [0.1, 0.15) is 0 Å². The molecule has 23 heavy (non-hydrogen) atoms. The fourth-order valence-electron chi connectivity index (χ4n) is 3.10. The minimum atomic E-state index is -0.845. The van der Waals surface area contributed by atoms with E-state index in [1.165, 1.54) is 0 Å². The van der Waals surface area contributed by atoms with Crippen molar-refractivity contribution in [3.8, 4) is 5.69 Å². The molecule has 0 spiro atoms. The number of aliphatic carboxylic acids is 1. The number of hydrogen-bond acceptors (Lipinski definition) is 3. The van der Waals surface area contributed by atoms with Gasteiger partial charge in [0, 0.05) is 6.42 Å². The number of carbonyl (C=O) groups is 2. The van der Waals surface area contributed by atoms with Gasteiger partial charge in [-0.15, -0.1) is 0 Å². The van der Waals surface area contributed by atoms with E-state index in [2.05, 4.69) is 5.10 Å². The summed E-state index contributed by atoms with van der Waals surface area (Å²) in [4.78, 5) is 23.1. The Balaban J connectivity index is 2.04. The average Bonchev–Trinajstić information content (AvgIpc) is 2.89. The van der Waals surface area contributed by atoms with Crippen molar-refractivity contribution in [3.05, 3.63) is 46.8 Å². The highest BCUT2D eigenvalue weighted by Crippen LogP contribution is 2.30. The molecule has 0 aliphatic heterocycles. The molecular weight excluding hydrogens is 292 g/mol. The van der Waals surface area contributed by atoms with Gasteiger partial charge in [-0.05, 0) is 36.5 Å². The Labute approximate surface area is 134 Å². The van der Waals surface area contributed by atoms with Crippen LogP contribution in [-0.2, 0) is 17.6 Å². The van der Waals surface area contributed by atoms with Crippen LogP contribution in [0.5, 0.6) is 0 Å². The molecule has 120 valence electrons. The molecule has 0 amide bonds. The molecule has 0 saturated heterocycles. The van der Waals surface area contributed by atoms with Gasteiger partial charge in [-0.3, -0.25) is 9.59 Å². The van der Waals surface area contributed by atoms with Crippen molar-refractivity contribution >= 4 is 11.8 Å². The van der Waals surface area contributed by atoms with Crippen LogP contribution < -0.4 is 0 Å². The molecule has 1 aromatic carbocycles. The second-order valence-electron chi connectivity index (χ2n) is 6.29. The van der Waals surface area contributed by atoms with E-state index >= 15 is 0 Å². The molecule has 0 fully saturated rings. The van der Waals surface area contributed by atoms with Crippen LogP contribution in [0.1, 0.15) is 59.9 Å². The third-order valence-electron chi connectivity index (χ3n) is 4.19. The topological polar surface area (TPSA) is 72.2 Å². The number of carbonyl (C=O) groups excluding carboxylic acids is 1. The molecule has 0 bridgehead atoms. The summed E-state index contributed by atoms with van der Waals surface area (Å²) < 4.78 is 1.85. The van der Waals surface area contributed by atoms with E-state index in [0.29, 0.717) is 6.42 Å². The molecule has 0 unspecified atom stereocenters. The first kappa shape index (κ1) is 15.5. The number of hydrogen-bond donors (Lipinski definition) is 1. The molecule has 5 nitrogen and oxygen atoms in total. The zero-order valence-corrected chi connectivity index (χ0v) is 13.4. The Morgan fingerprint density at radius 2 is 1.96 bits per heavy atom. The highest BCUT2D eigenvalue weighted by molar-refractivity contribution is 5.99. The normalized spacial score (nSPS) is 14.1. The van der Waals surface area contributed by atoms with Crippen molar-refractivity contribution in [2.75, 3.05) is 0 Å². The highest BCUT2D eigenvalue weighted by atomic mass is 16.4. The van der Waals surface area contributed by atoms with E-state index in [4.69, 9.17) is 5.11 Å². The largest absolute Gasteiger partial charge is 0.481 e. The number of fused-ring (bicyclic) bond motifs is 1. The predicted molar refractivity (Wildman–Crippen MR) is 86.3 cm³/mol. The van der Waals surface area contributed by atoms with Gasteiger partial charge in [0.15, 0.2) is 5.78 Å². The number of nitrogens with zero attached hydrogens (tertiary/aromatic N) is 2. The number of ketones is 1. The fourth-order valence-corrected chi connectivity index (χ4v) is 3.10. The maximum Gasteiger partial charge on any atom is 0.307 e. The molecular formula is C18H20N2O3. The van der Waals surface area contributed by atoms with Crippen LogP contribution in [0.4, 0.5) is 0 Å². The minimum absolute atomic E-state index is 0.00717. The summed E-state index contributed by atoms with van der Waals surface area (Å²) in [5.74, 6) is -0.469. The average molecular weight is 312 g/mol. The van der Waals surface area contributed by atoms with E-state index < -0.39 is 5.97 Å². The quantitative estimate of drug-likeness (QED) is 0.941. The lowest BCUT2D eigenvalue weighted by molar-refractivity contribution is -0.136. The van der Waals surface area contributed by atoms with Crippen LogP contribution in [-0.4, -0.2) is 26.6 Å². The second kappa shape index (κ2) is 5.99. The Morgan fingerprint density at radius 3 is 2.57 bits per heavy atom. The third-order valence-corrected chi connectivity index (χ3v) is 4.19. The van der Waals surface area contributed by atoms with Crippen molar-refractivity contribution in [1.29, 1.82) is 0 Å². The SMILES string of the molecule is CC(C)c1nn(-c2ccc(CC(=O)O)cc2)c2c1C(=O)CCC2. The van der Waals surface area contributed by atoms with E-state index in [-0.39, 0.29) is 18.1 Å². The zero-order valence-electron chi connectivity index (χ0n) is 13.4. The lowest BCUT2D eigenvalue weighted by Crippen LogP contribution is -2.13. The molecule has 1 aliphatic carbocycles. The highest BCUT2D eigenvalue weighted by Gasteiger charge is 2.28. The zero-order chi connectivity index (χ0) is 16.6. The summed E-state index contributed by atoms with van der Waals surface area (Å²) in [6.07, 6.45) is 2.30. The molecule has 3 rings (SSSR count). The summed E-state index contributed by atoms with van der Waals surface area (Å²) in [5, 5.41) is 13.5. The van der Waals surface area contributed by atoms with Crippen molar-refractivity contribution in [3.63, 3.8) is 0 Å². The monoisotopic (exact) mass is 312 g/mol. The van der Waals surface area contributed by atoms with Crippen LogP contribution in [0.3, 0.4) is 0 Å².